The first kappa shape index (κ1) is 37.7. The third kappa shape index (κ3) is 5.60. The van der Waals surface area contributed by atoms with Crippen LogP contribution in [0.25, 0.3) is 122 Å². The molecule has 0 radical (unpaired) electrons. The van der Waals surface area contributed by atoms with Gasteiger partial charge in [0.15, 0.2) is 0 Å². The van der Waals surface area contributed by atoms with Crippen molar-refractivity contribution in [3.05, 3.63) is 230 Å². The fraction of sp³-hybridized carbons (Fsp3) is 0.0476. The maximum Gasteiger partial charge on any atom is 0.235 e. The second-order valence-corrected chi connectivity index (χ2v) is 18.6. The van der Waals surface area contributed by atoms with Crippen molar-refractivity contribution in [2.75, 3.05) is 0 Å². The summed E-state index contributed by atoms with van der Waals surface area (Å²) in [6, 6.07) is 79.5. The Hall–Kier alpha value is -8.60. The first-order chi connectivity index (χ1) is 33.0. The van der Waals surface area contributed by atoms with E-state index in [1.165, 1.54) is 65.8 Å². The average molecular weight is 855 g/mol. The van der Waals surface area contributed by atoms with Crippen molar-refractivity contribution in [2.24, 2.45) is 0 Å². The van der Waals surface area contributed by atoms with E-state index in [1.807, 2.05) is 0 Å². The molecule has 0 aliphatic heterocycles. The van der Waals surface area contributed by atoms with E-state index in [4.69, 9.17) is 9.97 Å². The quantitative estimate of drug-likeness (QED) is 0.162. The third-order valence-corrected chi connectivity index (χ3v) is 14.5. The Morgan fingerprint density at radius 1 is 0.328 bits per heavy atom. The maximum atomic E-state index is 5.58. The molecule has 0 unspecified atom stereocenters. The van der Waals surface area contributed by atoms with Gasteiger partial charge in [-0.2, -0.15) is 0 Å². The van der Waals surface area contributed by atoms with Gasteiger partial charge in [0.25, 0.3) is 0 Å². The molecular weight excluding hydrogens is 813 g/mol. The summed E-state index contributed by atoms with van der Waals surface area (Å²) in [6.07, 6.45) is 0. The minimum Gasteiger partial charge on any atom is -0.309 e. The number of nitrogens with zero attached hydrogens (tertiary/aromatic N) is 4. The van der Waals surface area contributed by atoms with Gasteiger partial charge in [-0.1, -0.05) is 166 Å². The molecule has 14 rings (SSSR count). The predicted molar refractivity (Wildman–Crippen MR) is 280 cm³/mol. The number of hydrogen-bond donors (Lipinski definition) is 0. The van der Waals surface area contributed by atoms with E-state index in [0.29, 0.717) is 5.95 Å². The molecule has 0 amide bonds. The lowest BCUT2D eigenvalue weighted by molar-refractivity contribution is 0.660. The Kier molecular flexibility index (Phi) is 8.00. The highest BCUT2D eigenvalue weighted by Crippen LogP contribution is 2.50. The van der Waals surface area contributed by atoms with Crippen molar-refractivity contribution in [2.45, 2.75) is 19.3 Å². The lowest BCUT2D eigenvalue weighted by Gasteiger charge is -2.22. The van der Waals surface area contributed by atoms with Gasteiger partial charge in [0, 0.05) is 43.8 Å². The highest BCUT2D eigenvalue weighted by atomic mass is 15.2. The summed E-state index contributed by atoms with van der Waals surface area (Å²) in [4.78, 5) is 11.1. The Balaban J connectivity index is 0.986. The van der Waals surface area contributed by atoms with Crippen molar-refractivity contribution < 1.29 is 0 Å². The molecule has 3 aromatic heterocycles. The van der Waals surface area contributed by atoms with Crippen LogP contribution in [-0.2, 0) is 5.41 Å². The van der Waals surface area contributed by atoms with Crippen LogP contribution in [0.15, 0.2) is 218 Å². The van der Waals surface area contributed by atoms with Gasteiger partial charge in [-0.15, -0.1) is 0 Å². The van der Waals surface area contributed by atoms with Crippen LogP contribution in [0.2, 0.25) is 0 Å². The Morgan fingerprint density at radius 3 is 1.61 bits per heavy atom. The van der Waals surface area contributed by atoms with Gasteiger partial charge in [0.05, 0.1) is 33.5 Å². The van der Waals surface area contributed by atoms with Gasteiger partial charge in [0.1, 0.15) is 0 Å². The molecule has 314 valence electrons. The molecule has 13 aromatic rings. The molecule has 0 N–H and O–H groups in total. The average Bonchev–Trinajstić information content (AvgIpc) is 3.98. The van der Waals surface area contributed by atoms with Crippen molar-refractivity contribution in [1.29, 1.82) is 0 Å². The van der Waals surface area contributed by atoms with Crippen LogP contribution in [0, 0.1) is 0 Å². The standard InChI is InChI=1S/C63H42N4/c1-63(2)54-25-13-10-22-47(54)48-31-28-42(37-55(48)63)56-38-57(51-36-41-16-6-7-19-44(41)45-20-8-9-21-46(45)51)65-62(64-56)67-59-27-15-12-24-50(59)53-35-40(30-33-61(53)67)39-29-32-60-52(34-39)49-23-11-14-26-58(49)66(60)43-17-4-3-5-18-43/h3-38H,1-2H3. The van der Waals surface area contributed by atoms with Gasteiger partial charge in [0.2, 0.25) is 5.95 Å². The zero-order valence-corrected chi connectivity index (χ0v) is 37.1. The van der Waals surface area contributed by atoms with Crippen molar-refractivity contribution in [3.63, 3.8) is 0 Å². The molecular formula is C63H42N4. The van der Waals surface area contributed by atoms with Gasteiger partial charge >= 0.3 is 0 Å². The SMILES string of the molecule is CC1(C)c2ccccc2-c2ccc(-c3cc(-c4cc5ccccc5c5ccccc45)nc(-n4c5ccccc5c5cc(-c6ccc7c(c6)c6ccccc6n7-c6ccccc6)ccc54)n3)cc21. The van der Waals surface area contributed by atoms with Gasteiger partial charge in [-0.3, -0.25) is 4.57 Å². The van der Waals surface area contributed by atoms with Crippen LogP contribution in [0.4, 0.5) is 0 Å². The van der Waals surface area contributed by atoms with E-state index >= 15 is 0 Å². The minimum atomic E-state index is -0.150. The fourth-order valence-electron chi connectivity index (χ4n) is 11.3. The highest BCUT2D eigenvalue weighted by molar-refractivity contribution is 6.15. The highest BCUT2D eigenvalue weighted by Gasteiger charge is 2.35. The molecule has 1 aliphatic carbocycles. The van der Waals surface area contributed by atoms with Crippen molar-refractivity contribution in [1.82, 2.24) is 19.1 Å². The molecule has 1 aliphatic rings. The van der Waals surface area contributed by atoms with E-state index < -0.39 is 0 Å². The largest absolute Gasteiger partial charge is 0.309 e. The molecule has 4 nitrogen and oxygen atoms in total. The smallest absolute Gasteiger partial charge is 0.235 e. The number of benzene rings is 10. The Labute approximate surface area is 387 Å². The van der Waals surface area contributed by atoms with Gasteiger partial charge < -0.3 is 4.57 Å². The van der Waals surface area contributed by atoms with Crippen molar-refractivity contribution >= 4 is 65.2 Å². The zero-order chi connectivity index (χ0) is 44.4. The molecule has 0 saturated heterocycles. The summed E-state index contributed by atoms with van der Waals surface area (Å²) in [5.74, 6) is 0.641. The summed E-state index contributed by atoms with van der Waals surface area (Å²) in [5.41, 5.74) is 17.1. The lowest BCUT2D eigenvalue weighted by atomic mass is 9.82. The van der Waals surface area contributed by atoms with Crippen LogP contribution in [0.5, 0.6) is 0 Å². The molecule has 67 heavy (non-hydrogen) atoms. The molecule has 4 heteroatoms. The second kappa shape index (κ2) is 14.2. The molecule has 0 saturated carbocycles. The van der Waals surface area contributed by atoms with E-state index in [1.54, 1.807) is 0 Å². The molecule has 0 spiro atoms. The lowest BCUT2D eigenvalue weighted by Crippen LogP contribution is -2.15. The van der Waals surface area contributed by atoms with E-state index in [0.717, 1.165) is 61.0 Å². The summed E-state index contributed by atoms with van der Waals surface area (Å²) in [7, 11) is 0. The number of fused-ring (bicyclic) bond motifs is 12. The monoisotopic (exact) mass is 854 g/mol. The van der Waals surface area contributed by atoms with Crippen LogP contribution >= 0.6 is 0 Å². The number of hydrogen-bond acceptors (Lipinski definition) is 2. The normalized spacial score (nSPS) is 13.0. The topological polar surface area (TPSA) is 35.6 Å². The number of rotatable bonds is 5. The summed E-state index contributed by atoms with van der Waals surface area (Å²) < 4.78 is 4.64. The molecule has 0 bridgehead atoms. The summed E-state index contributed by atoms with van der Waals surface area (Å²) >= 11 is 0. The Morgan fingerprint density at radius 2 is 0.866 bits per heavy atom. The number of aromatic nitrogens is 4. The van der Waals surface area contributed by atoms with Crippen LogP contribution in [0.1, 0.15) is 25.0 Å². The first-order valence-electron chi connectivity index (χ1n) is 23.2. The first-order valence-corrected chi connectivity index (χ1v) is 23.2. The predicted octanol–water partition coefficient (Wildman–Crippen LogP) is 16.3. The van der Waals surface area contributed by atoms with E-state index in [2.05, 4.69) is 241 Å². The Bertz CT molecular complexity index is 4190. The van der Waals surface area contributed by atoms with E-state index in [9.17, 15) is 0 Å². The maximum absolute atomic E-state index is 5.58. The fourth-order valence-corrected chi connectivity index (χ4v) is 11.3. The molecule has 10 aromatic carbocycles. The van der Waals surface area contributed by atoms with Gasteiger partial charge in [-0.05, 0) is 122 Å². The second-order valence-electron chi connectivity index (χ2n) is 18.6. The minimum absolute atomic E-state index is 0.150. The zero-order valence-electron chi connectivity index (χ0n) is 37.1. The third-order valence-electron chi connectivity index (χ3n) is 14.5. The van der Waals surface area contributed by atoms with Crippen LogP contribution < -0.4 is 0 Å². The van der Waals surface area contributed by atoms with Crippen LogP contribution in [0.3, 0.4) is 0 Å². The van der Waals surface area contributed by atoms with Crippen LogP contribution in [-0.4, -0.2) is 19.1 Å². The summed E-state index contributed by atoms with van der Waals surface area (Å²) in [6.45, 7) is 4.68. The van der Waals surface area contributed by atoms with Gasteiger partial charge in [-0.25, -0.2) is 9.97 Å². The molecule has 0 fully saturated rings. The van der Waals surface area contributed by atoms with Crippen molar-refractivity contribution in [3.8, 4) is 56.4 Å². The molecule has 3 heterocycles. The van der Waals surface area contributed by atoms with E-state index in [-0.39, 0.29) is 5.41 Å². The summed E-state index contributed by atoms with van der Waals surface area (Å²) in [5, 5.41) is 9.58. The number of para-hydroxylation sites is 3. The molecule has 0 atom stereocenters.